The fourth-order valence-corrected chi connectivity index (χ4v) is 4.79. The monoisotopic (exact) mass is 441 g/mol. The van der Waals surface area contributed by atoms with Gasteiger partial charge in [0.1, 0.15) is 0 Å². The number of piperidine rings is 1. The molecule has 3 aromatic rings. The summed E-state index contributed by atoms with van der Waals surface area (Å²) in [5.41, 5.74) is 2.42. The summed E-state index contributed by atoms with van der Waals surface area (Å²) in [5.74, 6) is 0.883. The number of amides is 1. The average molecular weight is 442 g/mol. The molecule has 0 atom stereocenters. The van der Waals surface area contributed by atoms with Gasteiger partial charge in [0.05, 0.1) is 4.88 Å². The Labute approximate surface area is 186 Å². The number of thiophene rings is 1. The summed E-state index contributed by atoms with van der Waals surface area (Å²) < 4.78 is 2.45. The molecule has 30 heavy (non-hydrogen) atoms. The van der Waals surface area contributed by atoms with Gasteiger partial charge in [-0.05, 0) is 60.6 Å². The largest absolute Gasteiger partial charge is 0.372 e. The fourth-order valence-electron chi connectivity index (χ4n) is 3.84. The zero-order valence-corrected chi connectivity index (χ0v) is 18.8. The first-order valence-electron chi connectivity index (χ1n) is 10.4. The summed E-state index contributed by atoms with van der Waals surface area (Å²) in [6, 6.07) is 12.6. The molecule has 0 radical (unpaired) electrons. The number of anilines is 1. The first kappa shape index (κ1) is 20.8. The molecule has 8 heteroatoms. The van der Waals surface area contributed by atoms with E-state index in [1.54, 1.807) is 16.2 Å². The van der Waals surface area contributed by atoms with Crippen LogP contribution in [0.4, 0.5) is 5.69 Å². The molecule has 1 fully saturated rings. The lowest BCUT2D eigenvalue weighted by atomic mass is 10.1. The van der Waals surface area contributed by atoms with Crippen molar-refractivity contribution >= 4 is 35.1 Å². The first-order valence-corrected chi connectivity index (χ1v) is 11.7. The molecule has 1 aliphatic heterocycles. The van der Waals surface area contributed by atoms with Gasteiger partial charge in [0.15, 0.2) is 10.6 Å². The minimum atomic E-state index is 0.0929. The number of nitrogens with one attached hydrogen (secondary N) is 1. The summed E-state index contributed by atoms with van der Waals surface area (Å²) in [4.78, 5) is 18.0. The van der Waals surface area contributed by atoms with E-state index in [1.165, 1.54) is 24.9 Å². The molecule has 6 nitrogen and oxygen atoms in total. The quantitative estimate of drug-likeness (QED) is 0.540. The summed E-state index contributed by atoms with van der Waals surface area (Å²) in [7, 11) is 1.86. The van der Waals surface area contributed by atoms with Crippen molar-refractivity contribution in [2.45, 2.75) is 38.8 Å². The van der Waals surface area contributed by atoms with Crippen LogP contribution >= 0.6 is 23.6 Å². The van der Waals surface area contributed by atoms with Crippen molar-refractivity contribution in [1.29, 1.82) is 0 Å². The van der Waals surface area contributed by atoms with Crippen LogP contribution in [-0.2, 0) is 17.9 Å². The number of carbonyl (C=O) groups excluding carboxylic acids is 1. The number of rotatable bonds is 7. The molecular weight excluding hydrogens is 414 g/mol. The van der Waals surface area contributed by atoms with Crippen LogP contribution in [0.2, 0.25) is 0 Å². The molecule has 4 rings (SSSR count). The van der Waals surface area contributed by atoms with Gasteiger partial charge in [-0.1, -0.05) is 18.2 Å². The molecule has 0 bridgehead atoms. The average Bonchev–Trinajstić information content (AvgIpc) is 3.43. The lowest BCUT2D eigenvalue weighted by molar-refractivity contribution is -0.130. The lowest BCUT2D eigenvalue weighted by Crippen LogP contribution is -2.29. The van der Waals surface area contributed by atoms with Gasteiger partial charge in [0.2, 0.25) is 5.91 Å². The van der Waals surface area contributed by atoms with Gasteiger partial charge in [0, 0.05) is 45.3 Å². The fraction of sp³-hybridized carbons (Fsp3) is 0.409. The smallest absolute Gasteiger partial charge is 0.224 e. The number of H-pyrrole nitrogens is 1. The van der Waals surface area contributed by atoms with Crippen LogP contribution in [0.3, 0.4) is 0 Å². The number of aromatic amines is 1. The minimum absolute atomic E-state index is 0.0929. The van der Waals surface area contributed by atoms with Crippen molar-refractivity contribution in [2.24, 2.45) is 0 Å². The van der Waals surface area contributed by atoms with Gasteiger partial charge >= 0.3 is 0 Å². The highest BCUT2D eigenvalue weighted by atomic mass is 32.1. The molecule has 1 amide bonds. The zero-order valence-electron chi connectivity index (χ0n) is 17.2. The molecule has 3 heterocycles. The third-order valence-corrected chi connectivity index (χ3v) is 6.73. The Morgan fingerprint density at radius 3 is 2.67 bits per heavy atom. The molecule has 2 aromatic heterocycles. The van der Waals surface area contributed by atoms with Crippen molar-refractivity contribution < 1.29 is 4.79 Å². The zero-order chi connectivity index (χ0) is 20.9. The van der Waals surface area contributed by atoms with E-state index in [2.05, 4.69) is 39.4 Å². The minimum Gasteiger partial charge on any atom is -0.372 e. The molecule has 0 aliphatic carbocycles. The Morgan fingerprint density at radius 1 is 1.20 bits per heavy atom. The van der Waals surface area contributed by atoms with E-state index >= 15 is 0 Å². The van der Waals surface area contributed by atoms with Gasteiger partial charge in [-0.15, -0.1) is 11.3 Å². The molecule has 1 N–H and O–H groups in total. The summed E-state index contributed by atoms with van der Waals surface area (Å²) in [6.07, 6.45) is 4.26. The van der Waals surface area contributed by atoms with Crippen LogP contribution in [-0.4, -0.2) is 45.7 Å². The molecular formula is C22H27N5OS2. The second-order valence-corrected chi connectivity index (χ2v) is 9.03. The molecule has 1 saturated heterocycles. The highest BCUT2D eigenvalue weighted by molar-refractivity contribution is 7.71. The van der Waals surface area contributed by atoms with Gasteiger partial charge in [0.25, 0.3) is 0 Å². The van der Waals surface area contributed by atoms with E-state index in [9.17, 15) is 4.79 Å². The van der Waals surface area contributed by atoms with E-state index in [-0.39, 0.29) is 5.91 Å². The van der Waals surface area contributed by atoms with Crippen molar-refractivity contribution in [1.82, 2.24) is 19.7 Å². The van der Waals surface area contributed by atoms with Gasteiger partial charge in [-0.25, -0.2) is 0 Å². The van der Waals surface area contributed by atoms with Crippen LogP contribution in [0.25, 0.3) is 10.7 Å². The van der Waals surface area contributed by atoms with E-state index < -0.39 is 0 Å². The highest BCUT2D eigenvalue weighted by Crippen LogP contribution is 2.23. The Hall–Kier alpha value is -2.45. The summed E-state index contributed by atoms with van der Waals surface area (Å²) in [6.45, 7) is 3.40. The topological polar surface area (TPSA) is 57.2 Å². The molecule has 0 unspecified atom stereocenters. The molecule has 0 spiro atoms. The van der Waals surface area contributed by atoms with Crippen molar-refractivity contribution in [3.05, 3.63) is 52.1 Å². The number of aromatic nitrogens is 3. The van der Waals surface area contributed by atoms with E-state index in [0.717, 1.165) is 29.4 Å². The van der Waals surface area contributed by atoms with Gasteiger partial charge in [-0.3, -0.25) is 14.5 Å². The Bertz CT molecular complexity index is 1020. The van der Waals surface area contributed by atoms with Crippen LogP contribution in [0.15, 0.2) is 41.8 Å². The molecule has 158 valence electrons. The van der Waals surface area contributed by atoms with E-state index in [0.29, 0.717) is 24.3 Å². The maximum absolute atomic E-state index is 12.7. The Morgan fingerprint density at radius 2 is 1.97 bits per heavy atom. The summed E-state index contributed by atoms with van der Waals surface area (Å²) >= 11 is 6.96. The normalized spacial score (nSPS) is 14.1. The Balaban J connectivity index is 1.33. The van der Waals surface area contributed by atoms with Crippen LogP contribution < -0.4 is 4.90 Å². The maximum atomic E-state index is 12.7. The van der Waals surface area contributed by atoms with E-state index in [1.807, 2.05) is 29.1 Å². The maximum Gasteiger partial charge on any atom is 0.224 e. The molecule has 1 aromatic carbocycles. The van der Waals surface area contributed by atoms with Crippen LogP contribution in [0.1, 0.15) is 31.2 Å². The second-order valence-electron chi connectivity index (χ2n) is 7.70. The second kappa shape index (κ2) is 9.57. The third kappa shape index (κ3) is 4.82. The van der Waals surface area contributed by atoms with Crippen molar-refractivity contribution in [3.63, 3.8) is 0 Å². The number of hydrogen-bond donors (Lipinski definition) is 1. The highest BCUT2D eigenvalue weighted by Gasteiger charge is 2.15. The van der Waals surface area contributed by atoms with Crippen molar-refractivity contribution in [3.8, 4) is 10.7 Å². The molecule has 1 aliphatic rings. The third-order valence-electron chi connectivity index (χ3n) is 5.55. The predicted molar refractivity (Wildman–Crippen MR) is 124 cm³/mol. The van der Waals surface area contributed by atoms with Gasteiger partial charge < -0.3 is 9.80 Å². The van der Waals surface area contributed by atoms with Crippen molar-refractivity contribution in [2.75, 3.05) is 25.0 Å². The van der Waals surface area contributed by atoms with Crippen LogP contribution in [0, 0.1) is 4.77 Å². The number of benzene rings is 1. The standard InChI is InChI=1S/C22H27N5OS2/c1-25(16-17-7-9-18(10-8-17)26-12-3-2-4-13-26)20(28)11-14-27-21(23-24-22(27)29)19-6-5-15-30-19/h5-10,15H,2-4,11-14,16H2,1H3,(H,24,29). The Kier molecular flexibility index (Phi) is 6.64. The van der Waals surface area contributed by atoms with E-state index in [4.69, 9.17) is 12.2 Å². The number of nitrogens with zero attached hydrogens (tertiary/aromatic N) is 4. The lowest BCUT2D eigenvalue weighted by Gasteiger charge is -2.29. The molecule has 0 saturated carbocycles. The van der Waals surface area contributed by atoms with Gasteiger partial charge in [-0.2, -0.15) is 5.10 Å². The summed E-state index contributed by atoms with van der Waals surface area (Å²) in [5, 5.41) is 9.17. The first-order chi connectivity index (χ1) is 14.6. The number of hydrogen-bond acceptors (Lipinski definition) is 5. The SMILES string of the molecule is CN(Cc1ccc(N2CCCCC2)cc1)C(=O)CCn1c(-c2cccs2)n[nH]c1=S. The number of carbonyl (C=O) groups is 1. The van der Waals surface area contributed by atoms with Crippen LogP contribution in [0.5, 0.6) is 0 Å². The predicted octanol–water partition coefficient (Wildman–Crippen LogP) is 4.71.